The molecule has 1 aromatic heterocycles. The second-order valence-corrected chi connectivity index (χ2v) is 5.75. The highest BCUT2D eigenvalue weighted by atomic mass is 16.5. The maximum atomic E-state index is 12.1. The van der Waals surface area contributed by atoms with E-state index in [0.29, 0.717) is 28.9 Å². The monoisotopic (exact) mass is 366 g/mol. The number of nitrogens with one attached hydrogen (secondary N) is 2. The van der Waals surface area contributed by atoms with E-state index in [0.717, 1.165) is 5.56 Å². The first-order valence-electron chi connectivity index (χ1n) is 8.20. The molecule has 8 nitrogen and oxygen atoms in total. The number of hydrogen-bond acceptors (Lipinski definition) is 6. The summed E-state index contributed by atoms with van der Waals surface area (Å²) in [5.41, 5.74) is 1.94. The van der Waals surface area contributed by atoms with Gasteiger partial charge in [-0.1, -0.05) is 6.07 Å². The minimum atomic E-state index is -0.313. The zero-order valence-corrected chi connectivity index (χ0v) is 14.9. The van der Waals surface area contributed by atoms with Crippen molar-refractivity contribution in [1.82, 2.24) is 10.2 Å². The van der Waals surface area contributed by atoms with Crippen LogP contribution in [-0.4, -0.2) is 28.6 Å². The van der Waals surface area contributed by atoms with Gasteiger partial charge in [-0.15, -0.1) is 10.2 Å². The van der Waals surface area contributed by atoms with Gasteiger partial charge >= 0.3 is 0 Å². The first-order chi connectivity index (χ1) is 13.0. The molecule has 0 fully saturated rings. The van der Waals surface area contributed by atoms with E-state index in [-0.39, 0.29) is 18.4 Å². The maximum absolute atomic E-state index is 12.1. The Morgan fingerprint density at radius 2 is 1.74 bits per heavy atom. The molecule has 8 heteroatoms. The molecule has 2 N–H and O–H groups in total. The number of benzene rings is 2. The van der Waals surface area contributed by atoms with Gasteiger partial charge in [0.15, 0.2) is 6.61 Å². The highest BCUT2D eigenvalue weighted by Crippen LogP contribution is 2.21. The van der Waals surface area contributed by atoms with Gasteiger partial charge in [-0.2, -0.15) is 0 Å². The van der Waals surface area contributed by atoms with Crippen molar-refractivity contribution >= 4 is 23.2 Å². The third kappa shape index (κ3) is 5.15. The predicted octanol–water partition coefficient (Wildman–Crippen LogP) is 3.02. The zero-order chi connectivity index (χ0) is 19.2. The fraction of sp³-hybridized carbons (Fsp3) is 0.158. The van der Waals surface area contributed by atoms with Gasteiger partial charge in [-0.25, -0.2) is 0 Å². The minimum absolute atomic E-state index is 0.149. The molecule has 0 bridgehead atoms. The third-order valence-electron chi connectivity index (χ3n) is 3.46. The lowest BCUT2D eigenvalue weighted by Crippen LogP contribution is -2.20. The van der Waals surface area contributed by atoms with Crippen LogP contribution in [0, 0.1) is 6.92 Å². The molecule has 0 saturated carbocycles. The molecule has 0 unspecified atom stereocenters. The fourth-order valence-electron chi connectivity index (χ4n) is 2.33. The summed E-state index contributed by atoms with van der Waals surface area (Å²) in [6.07, 6.45) is 0. The Hall–Kier alpha value is -3.68. The Bertz CT molecular complexity index is 950. The van der Waals surface area contributed by atoms with E-state index in [4.69, 9.17) is 9.15 Å². The van der Waals surface area contributed by atoms with Crippen molar-refractivity contribution in [3.63, 3.8) is 0 Å². The molecule has 3 rings (SSSR count). The van der Waals surface area contributed by atoms with Gasteiger partial charge in [0, 0.05) is 30.8 Å². The van der Waals surface area contributed by atoms with E-state index in [1.807, 2.05) is 0 Å². The first-order valence-corrected chi connectivity index (χ1v) is 8.20. The summed E-state index contributed by atoms with van der Waals surface area (Å²) in [7, 11) is 0. The summed E-state index contributed by atoms with van der Waals surface area (Å²) in [6.45, 7) is 2.99. The van der Waals surface area contributed by atoms with Gasteiger partial charge < -0.3 is 19.8 Å². The van der Waals surface area contributed by atoms with Crippen LogP contribution in [0.15, 0.2) is 52.9 Å². The number of anilines is 2. The van der Waals surface area contributed by atoms with Crippen LogP contribution in [0.4, 0.5) is 11.4 Å². The number of aryl methyl sites for hydroxylation is 1. The zero-order valence-electron chi connectivity index (χ0n) is 14.9. The Balaban J connectivity index is 1.54. The van der Waals surface area contributed by atoms with Crippen molar-refractivity contribution in [2.24, 2.45) is 0 Å². The number of hydrogen-bond donors (Lipinski definition) is 2. The van der Waals surface area contributed by atoms with Gasteiger partial charge in [-0.3, -0.25) is 9.59 Å². The Labute approximate surface area is 155 Å². The van der Waals surface area contributed by atoms with Crippen molar-refractivity contribution in [2.45, 2.75) is 13.8 Å². The molecule has 0 spiro atoms. The number of aromatic nitrogens is 2. The Morgan fingerprint density at radius 1 is 1.04 bits per heavy atom. The first kappa shape index (κ1) is 18.1. The summed E-state index contributed by atoms with van der Waals surface area (Å²) < 4.78 is 10.8. The van der Waals surface area contributed by atoms with Crippen molar-refractivity contribution in [2.75, 3.05) is 17.2 Å². The van der Waals surface area contributed by atoms with E-state index in [9.17, 15) is 9.59 Å². The Kier molecular flexibility index (Phi) is 5.46. The van der Waals surface area contributed by atoms with Gasteiger partial charge in [0.25, 0.3) is 5.91 Å². The Morgan fingerprint density at radius 3 is 2.37 bits per heavy atom. The molecule has 2 aromatic carbocycles. The number of rotatable bonds is 6. The second-order valence-electron chi connectivity index (χ2n) is 5.75. The molecule has 27 heavy (non-hydrogen) atoms. The van der Waals surface area contributed by atoms with Crippen molar-refractivity contribution in [3.05, 3.63) is 54.4 Å². The normalized spacial score (nSPS) is 10.3. The summed E-state index contributed by atoms with van der Waals surface area (Å²) in [5, 5.41) is 13.1. The van der Waals surface area contributed by atoms with Crippen LogP contribution in [0.1, 0.15) is 12.8 Å². The van der Waals surface area contributed by atoms with Gasteiger partial charge in [0.2, 0.25) is 17.7 Å². The minimum Gasteiger partial charge on any atom is -0.484 e. The maximum Gasteiger partial charge on any atom is 0.262 e. The number of nitrogens with zero attached hydrogens (tertiary/aromatic N) is 2. The fourth-order valence-corrected chi connectivity index (χ4v) is 2.33. The largest absolute Gasteiger partial charge is 0.484 e. The van der Waals surface area contributed by atoms with E-state index < -0.39 is 0 Å². The summed E-state index contributed by atoms with van der Waals surface area (Å²) in [5.74, 6) is 0.963. The third-order valence-corrected chi connectivity index (χ3v) is 3.46. The molecule has 0 radical (unpaired) electrons. The standard InChI is InChI=1S/C19H18N4O4/c1-12(24)20-15-4-3-5-16(10-15)21-18(25)11-26-17-8-6-14(7-9-17)19-23-22-13(2)27-19/h3-10H,11H2,1-2H3,(H,20,24)(H,21,25). The molecule has 0 atom stereocenters. The van der Waals surface area contributed by atoms with E-state index in [1.54, 1.807) is 55.5 Å². The molecule has 0 aliphatic heterocycles. The highest BCUT2D eigenvalue weighted by molar-refractivity contribution is 5.94. The van der Waals surface area contributed by atoms with Crippen LogP contribution in [0.5, 0.6) is 5.75 Å². The van der Waals surface area contributed by atoms with Crippen LogP contribution in [0.25, 0.3) is 11.5 Å². The van der Waals surface area contributed by atoms with E-state index >= 15 is 0 Å². The quantitative estimate of drug-likeness (QED) is 0.694. The summed E-state index contributed by atoms with van der Waals surface area (Å²) in [4.78, 5) is 23.1. The molecule has 0 saturated heterocycles. The highest BCUT2D eigenvalue weighted by Gasteiger charge is 2.08. The van der Waals surface area contributed by atoms with Gasteiger partial charge in [0.1, 0.15) is 5.75 Å². The lowest BCUT2D eigenvalue weighted by molar-refractivity contribution is -0.118. The lowest BCUT2D eigenvalue weighted by atomic mass is 10.2. The van der Waals surface area contributed by atoms with Crippen molar-refractivity contribution in [1.29, 1.82) is 0 Å². The molecule has 2 amide bonds. The van der Waals surface area contributed by atoms with Crippen LogP contribution in [0.3, 0.4) is 0 Å². The van der Waals surface area contributed by atoms with Crippen LogP contribution >= 0.6 is 0 Å². The average molecular weight is 366 g/mol. The second kappa shape index (κ2) is 8.13. The molecular formula is C19H18N4O4. The topological polar surface area (TPSA) is 106 Å². The van der Waals surface area contributed by atoms with Crippen molar-refractivity contribution < 1.29 is 18.7 Å². The molecule has 0 aliphatic carbocycles. The number of carbonyl (C=O) groups is 2. The van der Waals surface area contributed by atoms with Crippen LogP contribution in [0.2, 0.25) is 0 Å². The SMILES string of the molecule is CC(=O)Nc1cccc(NC(=O)COc2ccc(-c3nnc(C)o3)cc2)c1. The average Bonchev–Trinajstić information content (AvgIpc) is 3.06. The smallest absolute Gasteiger partial charge is 0.262 e. The van der Waals surface area contributed by atoms with Gasteiger partial charge in [0.05, 0.1) is 0 Å². The molecule has 138 valence electrons. The predicted molar refractivity (Wildman–Crippen MR) is 99.3 cm³/mol. The summed E-state index contributed by atoms with van der Waals surface area (Å²) in [6, 6.07) is 13.9. The van der Waals surface area contributed by atoms with E-state index in [2.05, 4.69) is 20.8 Å². The molecule has 3 aromatic rings. The molecule has 0 aliphatic rings. The van der Waals surface area contributed by atoms with Crippen molar-refractivity contribution in [3.8, 4) is 17.2 Å². The van der Waals surface area contributed by atoms with Crippen LogP contribution in [-0.2, 0) is 9.59 Å². The van der Waals surface area contributed by atoms with E-state index in [1.165, 1.54) is 6.92 Å². The van der Waals surface area contributed by atoms with Crippen LogP contribution < -0.4 is 15.4 Å². The van der Waals surface area contributed by atoms with Gasteiger partial charge in [-0.05, 0) is 42.5 Å². The number of ether oxygens (including phenoxy) is 1. The number of amides is 2. The number of carbonyl (C=O) groups excluding carboxylic acids is 2. The summed E-state index contributed by atoms with van der Waals surface area (Å²) >= 11 is 0. The molecule has 1 heterocycles. The molecular weight excluding hydrogens is 348 g/mol. The lowest BCUT2D eigenvalue weighted by Gasteiger charge is -2.09.